The Morgan fingerprint density at radius 3 is 2.27 bits per heavy atom. The van der Waals surface area contributed by atoms with Gasteiger partial charge < -0.3 is 0 Å². The van der Waals surface area contributed by atoms with Gasteiger partial charge in [-0.05, 0) is 49.6 Å². The van der Waals surface area contributed by atoms with Crippen LogP contribution in [0.2, 0.25) is 0 Å². The summed E-state index contributed by atoms with van der Waals surface area (Å²) in [5.41, 5.74) is 1.65. The Bertz CT molecular complexity index is 938. The van der Waals surface area contributed by atoms with Crippen molar-refractivity contribution in [3.8, 4) is 0 Å². The van der Waals surface area contributed by atoms with E-state index in [1.54, 1.807) is 36.4 Å². The fourth-order valence-electron chi connectivity index (χ4n) is 4.19. The third kappa shape index (κ3) is 2.77. The van der Waals surface area contributed by atoms with Crippen LogP contribution in [-0.2, 0) is 14.8 Å². The Balaban J connectivity index is 1.82. The topological polar surface area (TPSA) is 54.5 Å². The molecule has 3 aliphatic rings. The number of nitrogens with zero attached hydrogens (tertiary/aromatic N) is 1. The van der Waals surface area contributed by atoms with Crippen molar-refractivity contribution in [2.24, 2.45) is 5.92 Å². The van der Waals surface area contributed by atoms with Crippen LogP contribution in [0.4, 0.5) is 4.39 Å². The zero-order valence-corrected chi connectivity index (χ0v) is 15.2. The number of piperidine rings is 2. The van der Waals surface area contributed by atoms with Crippen LogP contribution in [0.25, 0.3) is 0 Å². The summed E-state index contributed by atoms with van der Waals surface area (Å²) in [4.78, 5) is 12.7. The summed E-state index contributed by atoms with van der Waals surface area (Å²) in [5.74, 6) is -0.648. The number of carbonyl (C=O) groups is 1. The summed E-state index contributed by atoms with van der Waals surface area (Å²) in [7, 11) is -3.75. The smallest absolute Gasteiger partial charge is 0.243 e. The number of benzene rings is 2. The second-order valence-corrected chi connectivity index (χ2v) is 9.00. The molecule has 1 aliphatic carbocycles. The number of carbonyl (C=O) groups excluding carboxylic acids is 1. The van der Waals surface area contributed by atoms with Gasteiger partial charge in [0, 0.05) is 18.4 Å². The van der Waals surface area contributed by atoms with Gasteiger partial charge >= 0.3 is 0 Å². The van der Waals surface area contributed by atoms with Crippen LogP contribution in [0, 0.1) is 18.7 Å². The summed E-state index contributed by atoms with van der Waals surface area (Å²) < 4.78 is 41.6. The van der Waals surface area contributed by atoms with E-state index in [1.165, 1.54) is 16.4 Å². The predicted octanol–water partition coefficient (Wildman–Crippen LogP) is 3.62. The molecule has 2 aliphatic heterocycles. The number of sulfonamides is 1. The molecule has 0 spiro atoms. The van der Waals surface area contributed by atoms with Crippen molar-refractivity contribution in [1.29, 1.82) is 0 Å². The first kappa shape index (κ1) is 17.4. The van der Waals surface area contributed by atoms with E-state index >= 15 is 0 Å². The summed E-state index contributed by atoms with van der Waals surface area (Å²) in [6.45, 7) is 1.90. The first-order chi connectivity index (χ1) is 12.4. The molecule has 2 heterocycles. The second-order valence-electron chi connectivity index (χ2n) is 7.15. The largest absolute Gasteiger partial charge is 0.299 e. The first-order valence-corrected chi connectivity index (χ1v) is 10.2. The lowest BCUT2D eigenvalue weighted by molar-refractivity contribution is -0.133. The molecule has 2 aromatic carbocycles. The summed E-state index contributed by atoms with van der Waals surface area (Å²) in [6, 6.07) is 11.7. The molecule has 26 heavy (non-hydrogen) atoms. The Labute approximate surface area is 152 Å². The predicted molar refractivity (Wildman–Crippen MR) is 95.5 cm³/mol. The molecule has 2 saturated heterocycles. The van der Waals surface area contributed by atoms with E-state index in [1.807, 2.05) is 6.92 Å². The van der Waals surface area contributed by atoms with E-state index in [2.05, 4.69) is 0 Å². The van der Waals surface area contributed by atoms with Crippen molar-refractivity contribution in [2.45, 2.75) is 43.2 Å². The maximum absolute atomic E-state index is 13.4. The van der Waals surface area contributed by atoms with Crippen molar-refractivity contribution < 1.29 is 17.6 Å². The molecule has 3 atom stereocenters. The van der Waals surface area contributed by atoms with Gasteiger partial charge in [0.05, 0.1) is 10.9 Å². The summed E-state index contributed by atoms with van der Waals surface area (Å²) >= 11 is 0. The van der Waals surface area contributed by atoms with Gasteiger partial charge in [-0.1, -0.05) is 29.8 Å². The number of ketones is 1. The molecule has 0 unspecified atom stereocenters. The van der Waals surface area contributed by atoms with E-state index < -0.39 is 16.1 Å². The molecule has 5 rings (SSSR count). The van der Waals surface area contributed by atoms with Crippen LogP contribution in [0.3, 0.4) is 0 Å². The lowest BCUT2D eigenvalue weighted by Gasteiger charge is -2.49. The van der Waals surface area contributed by atoms with Crippen LogP contribution in [0.5, 0.6) is 0 Å². The number of aryl methyl sites for hydroxylation is 1. The molecule has 3 fully saturated rings. The minimum atomic E-state index is -3.75. The standard InChI is InChI=1S/C20H20FNO3S/c1-13-2-9-17(10-3-13)26(24,25)22-16-8-11-18(19(23)12-16)20(22)14-4-6-15(21)7-5-14/h2-7,9-10,16,18,20H,8,11-12H2,1H3/t16-,18+,20-/m0/s1. The van der Waals surface area contributed by atoms with Crippen molar-refractivity contribution in [3.63, 3.8) is 0 Å². The average Bonchev–Trinajstić information content (AvgIpc) is 2.62. The Morgan fingerprint density at radius 2 is 1.65 bits per heavy atom. The van der Waals surface area contributed by atoms with Crippen molar-refractivity contribution in [2.75, 3.05) is 0 Å². The number of Topliss-reactive ketones (excluding diaryl/α,β-unsaturated/α-hetero) is 1. The quantitative estimate of drug-likeness (QED) is 0.826. The van der Waals surface area contributed by atoms with Crippen LogP contribution >= 0.6 is 0 Å². The molecule has 2 aromatic rings. The lowest BCUT2D eigenvalue weighted by Crippen LogP contribution is -2.56. The van der Waals surface area contributed by atoms with Gasteiger partial charge in [0.25, 0.3) is 0 Å². The van der Waals surface area contributed by atoms with Gasteiger partial charge in [0.2, 0.25) is 10.0 Å². The average molecular weight is 373 g/mol. The molecule has 4 nitrogen and oxygen atoms in total. The van der Waals surface area contributed by atoms with Gasteiger partial charge in [-0.3, -0.25) is 4.79 Å². The molecular formula is C20H20FNO3S. The number of hydrogen-bond acceptors (Lipinski definition) is 3. The molecule has 2 bridgehead atoms. The van der Waals surface area contributed by atoms with Crippen molar-refractivity contribution >= 4 is 15.8 Å². The molecule has 1 saturated carbocycles. The minimum absolute atomic E-state index is 0.103. The summed E-state index contributed by atoms with van der Waals surface area (Å²) in [5, 5.41) is 0. The number of rotatable bonds is 3. The highest BCUT2D eigenvalue weighted by atomic mass is 32.2. The fourth-order valence-corrected chi connectivity index (χ4v) is 6.05. The molecule has 6 heteroatoms. The van der Waals surface area contributed by atoms with E-state index in [0.717, 1.165) is 5.56 Å². The number of hydrogen-bond donors (Lipinski definition) is 0. The highest BCUT2D eigenvalue weighted by molar-refractivity contribution is 7.89. The minimum Gasteiger partial charge on any atom is -0.299 e. The fraction of sp³-hybridized carbons (Fsp3) is 0.350. The van der Waals surface area contributed by atoms with E-state index in [4.69, 9.17) is 0 Å². The number of fused-ring (bicyclic) bond motifs is 3. The molecule has 0 N–H and O–H groups in total. The zero-order chi connectivity index (χ0) is 18.5. The maximum Gasteiger partial charge on any atom is 0.243 e. The van der Waals surface area contributed by atoms with E-state index in [-0.39, 0.29) is 34.9 Å². The molecule has 0 aromatic heterocycles. The third-order valence-corrected chi connectivity index (χ3v) is 7.43. The SMILES string of the molecule is Cc1ccc(S(=O)(=O)N2[C@H]3CC[C@H](C(=O)C3)[C@@H]2c2ccc(F)cc2)cc1. The third-order valence-electron chi connectivity index (χ3n) is 5.48. The monoisotopic (exact) mass is 373 g/mol. The van der Waals surface area contributed by atoms with Crippen LogP contribution in [-0.4, -0.2) is 24.5 Å². The Morgan fingerprint density at radius 1 is 1.00 bits per heavy atom. The van der Waals surface area contributed by atoms with Gasteiger partial charge in [-0.25, -0.2) is 12.8 Å². The molecular weight excluding hydrogens is 353 g/mol. The lowest BCUT2D eigenvalue weighted by atomic mass is 9.73. The van der Waals surface area contributed by atoms with Gasteiger partial charge in [0.15, 0.2) is 0 Å². The van der Waals surface area contributed by atoms with Gasteiger partial charge in [0.1, 0.15) is 11.6 Å². The second kappa shape index (κ2) is 6.28. The normalized spacial score (nSPS) is 26.2. The number of halogens is 1. The van der Waals surface area contributed by atoms with E-state index in [0.29, 0.717) is 18.4 Å². The van der Waals surface area contributed by atoms with Crippen molar-refractivity contribution in [1.82, 2.24) is 4.31 Å². The molecule has 136 valence electrons. The zero-order valence-electron chi connectivity index (χ0n) is 14.4. The maximum atomic E-state index is 13.4. The highest BCUT2D eigenvalue weighted by Crippen LogP contribution is 2.48. The van der Waals surface area contributed by atoms with Crippen LogP contribution in [0.1, 0.15) is 36.4 Å². The van der Waals surface area contributed by atoms with Crippen LogP contribution < -0.4 is 0 Å². The van der Waals surface area contributed by atoms with Crippen molar-refractivity contribution in [3.05, 3.63) is 65.5 Å². The molecule has 0 radical (unpaired) electrons. The van der Waals surface area contributed by atoms with Gasteiger partial charge in [-0.2, -0.15) is 4.31 Å². The van der Waals surface area contributed by atoms with Gasteiger partial charge in [-0.15, -0.1) is 0 Å². The van der Waals surface area contributed by atoms with E-state index in [9.17, 15) is 17.6 Å². The highest BCUT2D eigenvalue weighted by Gasteiger charge is 2.52. The first-order valence-electron chi connectivity index (χ1n) is 8.76. The Hall–Kier alpha value is -2.05. The van der Waals surface area contributed by atoms with Crippen LogP contribution in [0.15, 0.2) is 53.4 Å². The molecule has 0 amide bonds. The Kier molecular flexibility index (Phi) is 4.20. The summed E-state index contributed by atoms with van der Waals surface area (Å²) in [6.07, 6.45) is 1.61.